The van der Waals surface area contributed by atoms with Gasteiger partial charge in [0.05, 0.1) is 0 Å². The molecule has 0 saturated heterocycles. The van der Waals surface area contributed by atoms with E-state index in [0.717, 1.165) is 34.7 Å². The Morgan fingerprint density at radius 1 is 0.870 bits per heavy atom. The van der Waals surface area contributed by atoms with Crippen LogP contribution >= 0.6 is 0 Å². The maximum Gasteiger partial charge on any atom is 0.131 e. The molecule has 0 radical (unpaired) electrons. The van der Waals surface area contributed by atoms with Crippen LogP contribution in [0.5, 0.6) is 5.75 Å². The van der Waals surface area contributed by atoms with Crippen LogP contribution in [-0.2, 0) is 6.42 Å². The highest BCUT2D eigenvalue weighted by Gasteiger charge is 2.07. The predicted molar refractivity (Wildman–Crippen MR) is 94.2 cm³/mol. The normalized spacial score (nSPS) is 11.0. The molecule has 118 valence electrons. The average Bonchev–Trinajstić information content (AvgIpc) is 2.55. The zero-order valence-electron chi connectivity index (χ0n) is 13.3. The number of rotatable bonds is 5. The fourth-order valence-electron chi connectivity index (χ4n) is 2.93. The monoisotopic (exact) mass is 308 g/mol. The van der Waals surface area contributed by atoms with E-state index in [1.807, 2.05) is 36.4 Å². The van der Waals surface area contributed by atoms with Crippen molar-refractivity contribution in [1.29, 1.82) is 0 Å². The van der Waals surface area contributed by atoms with E-state index in [2.05, 4.69) is 6.92 Å². The average molecular weight is 308 g/mol. The minimum atomic E-state index is -0.169. The molecule has 0 aliphatic rings. The number of hydrogen-bond donors (Lipinski definition) is 1. The molecule has 3 aromatic carbocycles. The second-order valence-corrected chi connectivity index (χ2v) is 6.02. The van der Waals surface area contributed by atoms with Crippen molar-refractivity contribution in [2.45, 2.75) is 32.6 Å². The van der Waals surface area contributed by atoms with Gasteiger partial charge < -0.3 is 5.11 Å². The van der Waals surface area contributed by atoms with E-state index in [1.165, 1.54) is 12.8 Å². The van der Waals surface area contributed by atoms with Gasteiger partial charge in [-0.15, -0.1) is 0 Å². The van der Waals surface area contributed by atoms with Gasteiger partial charge in [-0.05, 0) is 59.0 Å². The van der Waals surface area contributed by atoms with Gasteiger partial charge in [0, 0.05) is 5.56 Å². The van der Waals surface area contributed by atoms with Crippen molar-refractivity contribution < 1.29 is 9.50 Å². The van der Waals surface area contributed by atoms with Crippen LogP contribution in [0.15, 0.2) is 54.6 Å². The van der Waals surface area contributed by atoms with Crippen LogP contribution in [-0.4, -0.2) is 5.11 Å². The zero-order valence-corrected chi connectivity index (χ0v) is 13.3. The van der Waals surface area contributed by atoms with Crippen LogP contribution in [0.1, 0.15) is 31.7 Å². The van der Waals surface area contributed by atoms with E-state index in [9.17, 15) is 9.50 Å². The van der Waals surface area contributed by atoms with Crippen LogP contribution in [0.25, 0.3) is 21.9 Å². The lowest BCUT2D eigenvalue weighted by Gasteiger charge is -2.08. The molecule has 0 fully saturated rings. The summed E-state index contributed by atoms with van der Waals surface area (Å²) < 4.78 is 14.5. The molecule has 1 nitrogen and oxygen atoms in total. The van der Waals surface area contributed by atoms with Crippen molar-refractivity contribution >= 4 is 10.8 Å². The molecule has 0 heterocycles. The molecule has 3 aromatic rings. The maximum atomic E-state index is 14.5. The van der Waals surface area contributed by atoms with E-state index >= 15 is 0 Å². The third-order valence-electron chi connectivity index (χ3n) is 4.24. The first-order valence-corrected chi connectivity index (χ1v) is 8.19. The Morgan fingerprint density at radius 2 is 1.65 bits per heavy atom. The van der Waals surface area contributed by atoms with Gasteiger partial charge in [-0.3, -0.25) is 0 Å². The Bertz CT molecular complexity index is 823. The Balaban J connectivity index is 1.90. The molecule has 0 amide bonds. The van der Waals surface area contributed by atoms with Crippen molar-refractivity contribution in [2.75, 3.05) is 0 Å². The smallest absolute Gasteiger partial charge is 0.131 e. The SMILES string of the molecule is CCCCCc1ccc(-c2ccc3cc(O)ccc3c2)c(F)c1. The summed E-state index contributed by atoms with van der Waals surface area (Å²) in [5.74, 6) is 0.0741. The quantitative estimate of drug-likeness (QED) is 0.566. The Kier molecular flexibility index (Phi) is 4.61. The lowest BCUT2D eigenvalue weighted by molar-refractivity contribution is 0.476. The first kappa shape index (κ1) is 15.5. The van der Waals surface area contributed by atoms with Gasteiger partial charge in [-0.1, -0.05) is 50.1 Å². The van der Waals surface area contributed by atoms with Crippen LogP contribution in [0.3, 0.4) is 0 Å². The summed E-state index contributed by atoms with van der Waals surface area (Å²) in [4.78, 5) is 0. The number of fused-ring (bicyclic) bond motifs is 1. The molecule has 0 aliphatic carbocycles. The lowest BCUT2D eigenvalue weighted by atomic mass is 9.98. The van der Waals surface area contributed by atoms with Gasteiger partial charge in [0.1, 0.15) is 11.6 Å². The topological polar surface area (TPSA) is 20.2 Å². The van der Waals surface area contributed by atoms with E-state index < -0.39 is 0 Å². The number of benzene rings is 3. The van der Waals surface area contributed by atoms with Gasteiger partial charge in [-0.25, -0.2) is 4.39 Å². The van der Waals surface area contributed by atoms with Crippen molar-refractivity contribution in [3.63, 3.8) is 0 Å². The zero-order chi connectivity index (χ0) is 16.2. The van der Waals surface area contributed by atoms with Gasteiger partial charge in [0.2, 0.25) is 0 Å². The van der Waals surface area contributed by atoms with E-state index in [0.29, 0.717) is 5.56 Å². The molecular formula is C21H21FO. The summed E-state index contributed by atoms with van der Waals surface area (Å²) in [6, 6.07) is 16.6. The number of aryl methyl sites for hydroxylation is 1. The standard InChI is InChI=1S/C21H21FO/c1-2-3-4-5-15-6-11-20(21(22)12-15)18-8-7-17-14-19(23)10-9-16(17)13-18/h6-14,23H,2-5H2,1H3. The van der Waals surface area contributed by atoms with E-state index in [4.69, 9.17) is 0 Å². The minimum Gasteiger partial charge on any atom is -0.508 e. The van der Waals surface area contributed by atoms with Crippen molar-refractivity contribution in [1.82, 2.24) is 0 Å². The lowest BCUT2D eigenvalue weighted by Crippen LogP contribution is -1.90. The molecule has 0 saturated carbocycles. The number of hydrogen-bond acceptors (Lipinski definition) is 1. The number of phenolic OH excluding ortho intramolecular Hbond substituents is 1. The molecular weight excluding hydrogens is 287 g/mol. The highest BCUT2D eigenvalue weighted by molar-refractivity contribution is 5.88. The second kappa shape index (κ2) is 6.82. The summed E-state index contributed by atoms with van der Waals surface area (Å²) in [5.41, 5.74) is 2.55. The van der Waals surface area contributed by atoms with Gasteiger partial charge in [-0.2, -0.15) is 0 Å². The van der Waals surface area contributed by atoms with Crippen LogP contribution in [0.2, 0.25) is 0 Å². The van der Waals surface area contributed by atoms with Gasteiger partial charge in [0.25, 0.3) is 0 Å². The first-order valence-electron chi connectivity index (χ1n) is 8.19. The number of halogens is 1. The molecule has 1 N–H and O–H groups in total. The largest absolute Gasteiger partial charge is 0.508 e. The molecule has 3 rings (SSSR count). The molecule has 0 bridgehead atoms. The van der Waals surface area contributed by atoms with E-state index in [1.54, 1.807) is 18.2 Å². The van der Waals surface area contributed by atoms with Crippen LogP contribution in [0, 0.1) is 5.82 Å². The Morgan fingerprint density at radius 3 is 2.43 bits per heavy atom. The summed E-state index contributed by atoms with van der Waals surface area (Å²) in [6.45, 7) is 2.17. The molecule has 0 atom stereocenters. The maximum absolute atomic E-state index is 14.5. The molecule has 0 aliphatic heterocycles. The van der Waals surface area contributed by atoms with Crippen LogP contribution in [0.4, 0.5) is 4.39 Å². The van der Waals surface area contributed by atoms with Crippen molar-refractivity contribution in [3.05, 3.63) is 66.0 Å². The summed E-state index contributed by atoms with van der Waals surface area (Å²) in [7, 11) is 0. The van der Waals surface area contributed by atoms with E-state index in [-0.39, 0.29) is 11.6 Å². The molecule has 2 heteroatoms. The predicted octanol–water partition coefficient (Wildman–Crippen LogP) is 6.08. The number of aromatic hydroxyl groups is 1. The fourth-order valence-corrected chi connectivity index (χ4v) is 2.93. The summed E-state index contributed by atoms with van der Waals surface area (Å²) in [5, 5.41) is 11.5. The second-order valence-electron chi connectivity index (χ2n) is 6.02. The highest BCUT2D eigenvalue weighted by Crippen LogP contribution is 2.29. The Hall–Kier alpha value is -2.35. The highest BCUT2D eigenvalue weighted by atomic mass is 19.1. The molecule has 0 unspecified atom stereocenters. The van der Waals surface area contributed by atoms with Crippen molar-refractivity contribution in [2.24, 2.45) is 0 Å². The minimum absolute atomic E-state index is 0.169. The fraction of sp³-hybridized carbons (Fsp3) is 0.238. The number of unbranched alkanes of at least 4 members (excludes halogenated alkanes) is 2. The van der Waals surface area contributed by atoms with Crippen LogP contribution < -0.4 is 0 Å². The summed E-state index contributed by atoms with van der Waals surface area (Å²) >= 11 is 0. The van der Waals surface area contributed by atoms with Gasteiger partial charge >= 0.3 is 0 Å². The molecule has 0 spiro atoms. The van der Waals surface area contributed by atoms with Crippen molar-refractivity contribution in [3.8, 4) is 16.9 Å². The number of phenols is 1. The van der Waals surface area contributed by atoms with Gasteiger partial charge in [0.15, 0.2) is 0 Å². The third kappa shape index (κ3) is 3.53. The molecule has 23 heavy (non-hydrogen) atoms. The summed E-state index contributed by atoms with van der Waals surface area (Å²) in [6.07, 6.45) is 4.39. The Labute approximate surface area is 136 Å². The molecule has 0 aromatic heterocycles. The first-order chi connectivity index (χ1) is 11.2. The third-order valence-corrected chi connectivity index (χ3v) is 4.24.